The van der Waals surface area contributed by atoms with Gasteiger partial charge in [0.05, 0.1) is 0 Å². The highest BCUT2D eigenvalue weighted by molar-refractivity contribution is 5.89. The van der Waals surface area contributed by atoms with Crippen LogP contribution < -0.4 is 15.4 Å². The lowest BCUT2D eigenvalue weighted by Crippen LogP contribution is -2.44. The second kappa shape index (κ2) is 26.3. The van der Waals surface area contributed by atoms with Crippen LogP contribution in [0.3, 0.4) is 0 Å². The lowest BCUT2D eigenvalue weighted by atomic mass is 10.0. The lowest BCUT2D eigenvalue weighted by molar-refractivity contribution is -0.141. The Balaban J connectivity index is 0.000000302. The van der Waals surface area contributed by atoms with E-state index in [1.54, 1.807) is 29.9 Å². The summed E-state index contributed by atoms with van der Waals surface area (Å²) in [6.07, 6.45) is 19.1. The monoisotopic (exact) mass is 910 g/mol. The molecule has 0 spiro atoms. The fraction of sp³-hybridized carbons (Fsp3) is 0.480. The van der Waals surface area contributed by atoms with Gasteiger partial charge in [-0.05, 0) is 36.1 Å². The van der Waals surface area contributed by atoms with Crippen LogP contribution >= 0.6 is 0 Å². The van der Waals surface area contributed by atoms with Gasteiger partial charge in [-0.25, -0.2) is 22.8 Å². The molecule has 0 aliphatic rings. The average Bonchev–Trinajstić information content (AvgIpc) is 3.79. The molecule has 10 nitrogen and oxygen atoms in total. The van der Waals surface area contributed by atoms with Gasteiger partial charge in [-0.3, -0.25) is 9.59 Å². The Kier molecular flexibility index (Phi) is 21.0. The number of nitrogens with zero attached hydrogens (tertiary/aromatic N) is 2. The molecule has 354 valence electrons. The number of halogens is 5. The lowest BCUT2D eigenvalue weighted by Gasteiger charge is -2.18. The Morgan fingerprint density at radius 2 is 0.923 bits per heavy atom. The highest BCUT2D eigenvalue weighted by Crippen LogP contribution is 2.30. The smallest absolute Gasteiger partial charge is 0.334 e. The maximum Gasteiger partial charge on any atom is 0.334 e. The van der Waals surface area contributed by atoms with Gasteiger partial charge in [-0.2, -0.15) is 8.78 Å². The highest BCUT2D eigenvalue weighted by Gasteiger charge is 2.32. The highest BCUT2D eigenvalue weighted by atomic mass is 19.2. The number of aliphatic carboxylic acids is 1. The molecular formula is C50H63F5N4O6. The van der Waals surface area contributed by atoms with E-state index in [-0.39, 0.29) is 18.7 Å². The van der Waals surface area contributed by atoms with Crippen LogP contribution in [0.25, 0.3) is 21.8 Å². The number of carboxylic acid groups (broad SMARTS) is 1. The maximum absolute atomic E-state index is 14.2. The number of rotatable bonds is 25. The van der Waals surface area contributed by atoms with Crippen LogP contribution in [0.4, 0.5) is 22.0 Å². The molecule has 2 amide bonds. The Morgan fingerprint density at radius 3 is 1.35 bits per heavy atom. The molecule has 0 saturated carbocycles. The maximum atomic E-state index is 14.2. The van der Waals surface area contributed by atoms with Crippen LogP contribution in [-0.2, 0) is 46.1 Å². The molecule has 5 aromatic rings. The first-order valence-corrected chi connectivity index (χ1v) is 22.8. The fourth-order valence-corrected chi connectivity index (χ4v) is 7.87. The van der Waals surface area contributed by atoms with Gasteiger partial charge in [0, 0.05) is 74.0 Å². The minimum absolute atomic E-state index is 0.107. The number of fused-ring (bicyclic) bond motifs is 2. The minimum atomic E-state index is -2.37. The van der Waals surface area contributed by atoms with E-state index in [0.717, 1.165) is 85.2 Å². The largest absolute Gasteiger partial charge is 0.480 e. The molecule has 2 aromatic heterocycles. The molecule has 2 atom stereocenters. The van der Waals surface area contributed by atoms with Crippen LogP contribution in [0.15, 0.2) is 60.9 Å². The molecule has 0 saturated heterocycles. The minimum Gasteiger partial charge on any atom is -0.480 e. The number of hydrogen-bond donors (Lipinski definition) is 3. The topological polar surface area (TPSA) is 132 Å². The average molecular weight is 911 g/mol. The van der Waals surface area contributed by atoms with Crippen molar-refractivity contribution in [2.75, 3.05) is 0 Å². The third kappa shape index (κ3) is 15.2. The summed E-state index contributed by atoms with van der Waals surface area (Å²) in [7, 11) is 3.73. The Hall–Kier alpha value is -5.73. The number of carbonyl (C=O) groups is 4. The summed E-state index contributed by atoms with van der Waals surface area (Å²) in [6.45, 7) is 4.32. The number of aromatic nitrogens is 2. The summed E-state index contributed by atoms with van der Waals surface area (Å²) in [6, 6.07) is 12.8. The van der Waals surface area contributed by atoms with Gasteiger partial charge in [0.15, 0.2) is 0 Å². The summed E-state index contributed by atoms with van der Waals surface area (Å²) in [5, 5.41) is 16.6. The number of para-hydroxylation sites is 2. The predicted octanol–water partition coefficient (Wildman–Crippen LogP) is 11.1. The van der Waals surface area contributed by atoms with E-state index in [2.05, 4.69) is 29.2 Å². The molecule has 5 rings (SSSR count). The number of carboxylic acids is 1. The first-order chi connectivity index (χ1) is 31.2. The molecule has 0 bridgehead atoms. The Morgan fingerprint density at radius 1 is 0.554 bits per heavy atom. The van der Waals surface area contributed by atoms with Crippen molar-refractivity contribution in [3.05, 3.63) is 101 Å². The van der Waals surface area contributed by atoms with Crippen molar-refractivity contribution >= 4 is 45.6 Å². The van der Waals surface area contributed by atoms with E-state index in [1.807, 2.05) is 54.2 Å². The van der Waals surface area contributed by atoms with Crippen LogP contribution in [-0.4, -0.2) is 50.1 Å². The molecule has 3 aromatic carbocycles. The third-order valence-electron chi connectivity index (χ3n) is 11.4. The number of hydrogen-bond acceptors (Lipinski definition) is 5. The summed E-state index contributed by atoms with van der Waals surface area (Å²) in [5.74, 6) is -16.1. The van der Waals surface area contributed by atoms with E-state index in [0.29, 0.717) is 24.8 Å². The van der Waals surface area contributed by atoms with Gasteiger partial charge in [0.2, 0.25) is 46.6 Å². The molecule has 3 N–H and O–H groups in total. The van der Waals surface area contributed by atoms with Gasteiger partial charge in [-0.1, -0.05) is 127 Å². The van der Waals surface area contributed by atoms with Gasteiger partial charge in [-0.15, -0.1) is 0 Å². The van der Waals surface area contributed by atoms with Crippen LogP contribution in [0.5, 0.6) is 5.75 Å². The summed E-state index contributed by atoms with van der Waals surface area (Å²) >= 11 is 0. The van der Waals surface area contributed by atoms with Crippen molar-refractivity contribution < 1.29 is 51.0 Å². The molecule has 65 heavy (non-hydrogen) atoms. The molecular weight excluding hydrogens is 848 g/mol. The molecule has 2 unspecified atom stereocenters. The molecule has 0 radical (unpaired) electrons. The standard InChI is InChI=1S/C28H31F5N2O3.C22H32N2O3/c1-3-4-5-6-7-8-9-14-21(36)34-19(15-17-16-35(2)20-13-11-10-12-18(17)20)28(37)38-27-25(32)23(30)22(29)24(31)26(27)33;1-3-4-5-6-7-8-9-14-21(25)23-19(22(26)27)15-17-16-24(2)20-13-11-10-12-18(17)20/h10-13,16,19H,3-9,14-15H2,1-2H3,(H,34,36);10-13,16,19H,3-9,14-15H2,1-2H3,(H,23,25)(H,26,27). The normalized spacial score (nSPS) is 12.1. The fourth-order valence-electron chi connectivity index (χ4n) is 7.87. The number of esters is 1. The van der Waals surface area contributed by atoms with Crippen LogP contribution in [0.2, 0.25) is 0 Å². The molecule has 2 heterocycles. The van der Waals surface area contributed by atoms with Crippen LogP contribution in [0, 0.1) is 29.1 Å². The van der Waals surface area contributed by atoms with Gasteiger partial charge < -0.3 is 29.6 Å². The molecule has 15 heteroatoms. The summed E-state index contributed by atoms with van der Waals surface area (Å²) in [4.78, 5) is 49.4. The Bertz CT molecular complexity index is 2330. The van der Waals surface area contributed by atoms with Crippen molar-refractivity contribution in [1.29, 1.82) is 0 Å². The Labute approximate surface area is 377 Å². The van der Waals surface area contributed by atoms with Crippen LogP contribution in [0.1, 0.15) is 128 Å². The molecule has 0 aliphatic carbocycles. The number of ether oxygens (including phenoxy) is 1. The number of benzene rings is 3. The SMILES string of the molecule is CCCCCCCCCC(=O)NC(Cc1cn(C)c2ccccc12)C(=O)O.CCCCCCCCCC(=O)NC(Cc1cn(C)c2ccccc12)C(=O)Oc1c(F)c(F)c(F)c(F)c1F. The number of aryl methyl sites for hydroxylation is 2. The zero-order valence-corrected chi connectivity index (χ0v) is 37.9. The van der Waals surface area contributed by atoms with E-state index < -0.39 is 64.8 Å². The molecule has 0 fully saturated rings. The summed E-state index contributed by atoms with van der Waals surface area (Å²) in [5.41, 5.74) is 3.46. The number of carbonyl (C=O) groups excluding carboxylic acids is 3. The van der Waals surface area contributed by atoms with Crippen molar-refractivity contribution in [3.8, 4) is 5.75 Å². The van der Waals surface area contributed by atoms with E-state index in [1.165, 1.54) is 25.7 Å². The molecule has 0 aliphatic heterocycles. The van der Waals surface area contributed by atoms with Crippen molar-refractivity contribution in [2.45, 2.75) is 142 Å². The number of nitrogens with one attached hydrogen (secondary N) is 2. The zero-order chi connectivity index (χ0) is 47.5. The second-order valence-electron chi connectivity index (χ2n) is 16.6. The van der Waals surface area contributed by atoms with Crippen molar-refractivity contribution in [1.82, 2.24) is 19.8 Å². The van der Waals surface area contributed by atoms with E-state index in [9.17, 15) is 46.2 Å². The predicted molar refractivity (Wildman–Crippen MR) is 242 cm³/mol. The van der Waals surface area contributed by atoms with Gasteiger partial charge in [0.1, 0.15) is 12.1 Å². The van der Waals surface area contributed by atoms with E-state index >= 15 is 0 Å². The zero-order valence-electron chi connectivity index (χ0n) is 37.9. The number of amides is 2. The number of unbranched alkanes of at least 4 members (excludes halogenated alkanes) is 12. The first kappa shape index (κ1) is 51.9. The summed E-state index contributed by atoms with van der Waals surface area (Å²) < 4.78 is 77.5. The third-order valence-corrected chi connectivity index (χ3v) is 11.4. The first-order valence-electron chi connectivity index (χ1n) is 22.8. The van der Waals surface area contributed by atoms with Crippen molar-refractivity contribution in [3.63, 3.8) is 0 Å². The van der Waals surface area contributed by atoms with Crippen molar-refractivity contribution in [2.24, 2.45) is 14.1 Å². The second-order valence-corrected chi connectivity index (χ2v) is 16.6. The quantitative estimate of drug-likeness (QED) is 0.0133. The van der Waals surface area contributed by atoms with Gasteiger partial charge in [0.25, 0.3) is 0 Å². The van der Waals surface area contributed by atoms with Gasteiger partial charge >= 0.3 is 11.9 Å². The van der Waals surface area contributed by atoms with E-state index in [4.69, 9.17) is 0 Å².